The molecule has 0 unspecified atom stereocenters. The van der Waals surface area contributed by atoms with Crippen LogP contribution in [-0.2, 0) is 9.53 Å². The molecule has 8 atom stereocenters. The first kappa shape index (κ1) is 14.5. The summed E-state index contributed by atoms with van der Waals surface area (Å²) in [6.45, 7) is 8.82. The van der Waals surface area contributed by atoms with Crippen LogP contribution in [0.15, 0.2) is 12.2 Å². The van der Waals surface area contributed by atoms with Gasteiger partial charge in [0, 0.05) is 11.3 Å². The number of esters is 1. The van der Waals surface area contributed by atoms with Crippen LogP contribution in [0.4, 0.5) is 0 Å². The second kappa shape index (κ2) is 4.04. The molecule has 0 aromatic rings. The van der Waals surface area contributed by atoms with Gasteiger partial charge in [-0.15, -0.1) is 0 Å². The van der Waals surface area contributed by atoms with Gasteiger partial charge in [-0.05, 0) is 62.7 Å². The van der Waals surface area contributed by atoms with Crippen molar-refractivity contribution in [2.75, 3.05) is 0 Å². The van der Waals surface area contributed by atoms with Crippen molar-refractivity contribution in [1.29, 1.82) is 0 Å². The number of allylic oxidation sites excluding steroid dienone is 1. The topological polar surface area (TPSA) is 46.5 Å². The zero-order valence-electron chi connectivity index (χ0n) is 14.3. The van der Waals surface area contributed by atoms with Crippen LogP contribution in [0.25, 0.3) is 0 Å². The average molecular weight is 316 g/mol. The first-order valence-electron chi connectivity index (χ1n) is 9.40. The van der Waals surface area contributed by atoms with Crippen molar-refractivity contribution in [3.8, 4) is 0 Å². The third-order valence-corrected chi connectivity index (χ3v) is 8.80. The minimum atomic E-state index is -0.503. The lowest BCUT2D eigenvalue weighted by molar-refractivity contribution is -0.219. The summed E-state index contributed by atoms with van der Waals surface area (Å²) in [7, 11) is 0. The van der Waals surface area contributed by atoms with Gasteiger partial charge < -0.3 is 9.84 Å². The van der Waals surface area contributed by atoms with Crippen LogP contribution in [-0.4, -0.2) is 23.3 Å². The molecule has 3 nitrogen and oxygen atoms in total. The van der Waals surface area contributed by atoms with E-state index in [4.69, 9.17) is 4.74 Å². The molecule has 126 valence electrons. The molecule has 4 aliphatic carbocycles. The summed E-state index contributed by atoms with van der Waals surface area (Å²) in [4.78, 5) is 12.7. The van der Waals surface area contributed by atoms with Crippen LogP contribution in [0.3, 0.4) is 0 Å². The number of aliphatic hydroxyl groups excluding tert-OH is 1. The van der Waals surface area contributed by atoms with Crippen molar-refractivity contribution in [2.45, 2.75) is 71.0 Å². The normalized spacial score (nSPS) is 60.2. The molecular weight excluding hydrogens is 288 g/mol. The molecule has 2 bridgehead atoms. The Morgan fingerprint density at radius 1 is 1.26 bits per heavy atom. The van der Waals surface area contributed by atoms with E-state index in [1.54, 1.807) is 0 Å². The monoisotopic (exact) mass is 316 g/mol. The summed E-state index contributed by atoms with van der Waals surface area (Å²) in [6, 6.07) is 0. The molecule has 1 N–H and O–H groups in total. The van der Waals surface area contributed by atoms with E-state index in [-0.39, 0.29) is 34.2 Å². The second-order valence-electron chi connectivity index (χ2n) is 9.67. The lowest BCUT2D eigenvalue weighted by Crippen LogP contribution is -2.65. The third kappa shape index (κ3) is 1.41. The third-order valence-electron chi connectivity index (χ3n) is 8.80. The Balaban J connectivity index is 1.69. The SMILES string of the molecule is C=C1C[C@@]23C[C@@H]1CC[C@@H]2[C@]1(C)CCC[C@]2(C)C(=O)O[C@H]([C@H]3O)[C@H]12. The highest BCUT2D eigenvalue weighted by Gasteiger charge is 2.74. The van der Waals surface area contributed by atoms with Gasteiger partial charge in [-0.3, -0.25) is 4.79 Å². The Morgan fingerprint density at radius 3 is 2.83 bits per heavy atom. The Labute approximate surface area is 138 Å². The maximum atomic E-state index is 12.7. The van der Waals surface area contributed by atoms with Crippen LogP contribution in [0, 0.1) is 34.0 Å². The minimum Gasteiger partial charge on any atom is -0.459 e. The summed E-state index contributed by atoms with van der Waals surface area (Å²) in [5.74, 6) is 1.22. The van der Waals surface area contributed by atoms with Gasteiger partial charge in [0.15, 0.2) is 0 Å². The quantitative estimate of drug-likeness (QED) is 0.550. The maximum absolute atomic E-state index is 12.7. The van der Waals surface area contributed by atoms with E-state index in [1.807, 2.05) is 0 Å². The molecule has 5 aliphatic rings. The molecule has 5 rings (SSSR count). The van der Waals surface area contributed by atoms with Gasteiger partial charge in [0.25, 0.3) is 0 Å². The number of carbonyl (C=O) groups excluding carboxylic acids is 1. The molecular formula is C20H28O3. The fraction of sp³-hybridized carbons (Fsp3) is 0.850. The molecule has 3 heteroatoms. The predicted octanol–water partition coefficient (Wildman–Crippen LogP) is 3.46. The van der Waals surface area contributed by atoms with Crippen molar-refractivity contribution >= 4 is 5.97 Å². The summed E-state index contributed by atoms with van der Waals surface area (Å²) in [5.41, 5.74) is 0.987. The molecule has 1 aliphatic heterocycles. The van der Waals surface area contributed by atoms with Crippen molar-refractivity contribution in [3.05, 3.63) is 12.2 Å². The smallest absolute Gasteiger partial charge is 0.312 e. The van der Waals surface area contributed by atoms with Crippen LogP contribution in [0.5, 0.6) is 0 Å². The average Bonchev–Trinajstić information content (AvgIpc) is 2.91. The lowest BCUT2D eigenvalue weighted by atomic mass is 9.40. The van der Waals surface area contributed by atoms with E-state index in [0.717, 1.165) is 25.7 Å². The van der Waals surface area contributed by atoms with Gasteiger partial charge in [-0.25, -0.2) is 0 Å². The molecule has 0 amide bonds. The Kier molecular flexibility index (Phi) is 2.55. The molecule has 23 heavy (non-hydrogen) atoms. The molecule has 0 aromatic heterocycles. The highest BCUT2D eigenvalue weighted by molar-refractivity contribution is 5.80. The highest BCUT2D eigenvalue weighted by atomic mass is 16.6. The Morgan fingerprint density at radius 2 is 2.04 bits per heavy atom. The van der Waals surface area contributed by atoms with Crippen LogP contribution < -0.4 is 0 Å². The molecule has 0 aromatic carbocycles. The van der Waals surface area contributed by atoms with E-state index in [0.29, 0.717) is 11.8 Å². The molecule has 1 heterocycles. The fourth-order valence-corrected chi connectivity index (χ4v) is 8.02. The summed E-state index contributed by atoms with van der Waals surface area (Å²) >= 11 is 0. The maximum Gasteiger partial charge on any atom is 0.312 e. The predicted molar refractivity (Wildman–Crippen MR) is 86.5 cm³/mol. The van der Waals surface area contributed by atoms with Crippen molar-refractivity contribution in [1.82, 2.24) is 0 Å². The van der Waals surface area contributed by atoms with Gasteiger partial charge in [0.05, 0.1) is 11.5 Å². The highest BCUT2D eigenvalue weighted by Crippen LogP contribution is 2.74. The van der Waals surface area contributed by atoms with E-state index < -0.39 is 6.10 Å². The standard InChI is InChI=1S/C20H28O3/c1-11-9-20-10-12(11)5-6-13(20)18(2)7-4-8-19(3)15(18)14(16(20)21)23-17(19)22/h12-16,21H,1,4-10H2,2-3H3/t12-,13+,14-,15+,16+,18-,19-,20+/m0/s1. The van der Waals surface area contributed by atoms with Crippen molar-refractivity contribution < 1.29 is 14.6 Å². The van der Waals surface area contributed by atoms with Gasteiger partial charge in [-0.2, -0.15) is 0 Å². The molecule has 1 spiro atoms. The number of fused-ring (bicyclic) bond motifs is 2. The first-order chi connectivity index (χ1) is 10.8. The van der Waals surface area contributed by atoms with Crippen LogP contribution >= 0.6 is 0 Å². The Hall–Kier alpha value is -0.830. The largest absolute Gasteiger partial charge is 0.459 e. The summed E-state index contributed by atoms with van der Waals surface area (Å²) in [6.07, 6.45) is 6.82. The first-order valence-corrected chi connectivity index (χ1v) is 9.40. The number of ether oxygens (including phenoxy) is 1. The van der Waals surface area contributed by atoms with Gasteiger partial charge in [0.2, 0.25) is 0 Å². The zero-order chi connectivity index (χ0) is 16.2. The summed E-state index contributed by atoms with van der Waals surface area (Å²) < 4.78 is 5.87. The van der Waals surface area contributed by atoms with E-state index in [2.05, 4.69) is 20.4 Å². The Bertz CT molecular complexity index is 612. The number of rotatable bonds is 0. The molecule has 4 saturated carbocycles. The van der Waals surface area contributed by atoms with E-state index in [9.17, 15) is 9.90 Å². The second-order valence-corrected chi connectivity index (χ2v) is 9.67. The number of carbonyl (C=O) groups is 1. The zero-order valence-corrected chi connectivity index (χ0v) is 14.3. The van der Waals surface area contributed by atoms with Crippen molar-refractivity contribution in [3.63, 3.8) is 0 Å². The van der Waals surface area contributed by atoms with Gasteiger partial charge in [0.1, 0.15) is 6.10 Å². The van der Waals surface area contributed by atoms with Crippen molar-refractivity contribution in [2.24, 2.45) is 34.0 Å². The molecule has 0 radical (unpaired) electrons. The van der Waals surface area contributed by atoms with Gasteiger partial charge >= 0.3 is 5.97 Å². The van der Waals surface area contributed by atoms with E-state index >= 15 is 0 Å². The number of aliphatic hydroxyl groups is 1. The lowest BCUT2D eigenvalue weighted by Gasteiger charge is -2.63. The molecule has 1 saturated heterocycles. The van der Waals surface area contributed by atoms with Crippen LogP contribution in [0.2, 0.25) is 0 Å². The van der Waals surface area contributed by atoms with E-state index in [1.165, 1.54) is 24.8 Å². The number of hydrogen-bond donors (Lipinski definition) is 1. The fourth-order valence-electron chi connectivity index (χ4n) is 8.02. The number of hydrogen-bond acceptors (Lipinski definition) is 3. The van der Waals surface area contributed by atoms with Crippen LogP contribution in [0.1, 0.15) is 58.8 Å². The molecule has 5 fully saturated rings. The summed E-state index contributed by atoms with van der Waals surface area (Å²) in [5, 5.41) is 11.4. The van der Waals surface area contributed by atoms with Gasteiger partial charge in [-0.1, -0.05) is 25.5 Å². The minimum absolute atomic E-state index is 0.0547.